The van der Waals surface area contributed by atoms with Crippen LogP contribution in [0.2, 0.25) is 0 Å². The summed E-state index contributed by atoms with van der Waals surface area (Å²) in [7, 11) is -9.89. The quantitative estimate of drug-likeness (QED) is 0.271. The van der Waals surface area contributed by atoms with Crippen LogP contribution in [0.3, 0.4) is 0 Å². The Morgan fingerprint density at radius 3 is 1.10 bits per heavy atom. The Labute approximate surface area is 196 Å². The van der Waals surface area contributed by atoms with Crippen molar-refractivity contribution in [3.05, 3.63) is 0 Å². The fraction of sp³-hybridized carbons (Fsp3) is 0.750. The van der Waals surface area contributed by atoms with E-state index in [4.69, 9.17) is 37.3 Å². The van der Waals surface area contributed by atoms with Gasteiger partial charge in [0, 0.05) is 36.7 Å². The number of halogens is 2. The van der Waals surface area contributed by atoms with E-state index in [1.54, 1.807) is 0 Å². The summed E-state index contributed by atoms with van der Waals surface area (Å²) in [5.74, 6) is 0. The molecule has 0 aliphatic carbocycles. The maximum atomic E-state index is 8.49. The third-order valence-corrected chi connectivity index (χ3v) is 3.14. The zero-order chi connectivity index (χ0) is 24.2. The van der Waals surface area contributed by atoms with Crippen molar-refractivity contribution >= 4 is 23.9 Å². The van der Waals surface area contributed by atoms with Crippen LogP contribution in [0.4, 0.5) is 0 Å². The molecular weight excluding hydrogens is 506 g/mol. The van der Waals surface area contributed by atoms with E-state index >= 15 is 0 Å². The van der Waals surface area contributed by atoms with E-state index in [2.05, 4.69) is 61.5 Å². The van der Waals surface area contributed by atoms with Crippen molar-refractivity contribution in [3.8, 4) is 0 Å². The molecule has 12 nitrogen and oxygen atoms in total. The molecule has 0 saturated carbocycles. The van der Waals surface area contributed by atoms with E-state index < -0.39 is 20.5 Å². The normalized spacial score (nSPS) is 19.2. The summed E-state index contributed by atoms with van der Waals surface area (Å²) < 4.78 is 67.9. The molecular formula is C16H28Cl2N4NiO8. The molecule has 0 N–H and O–H groups in total. The molecule has 1 heterocycles. The van der Waals surface area contributed by atoms with Gasteiger partial charge in [0.15, 0.2) is 0 Å². The molecule has 0 bridgehead atoms. The minimum absolute atomic E-state index is 0. The van der Waals surface area contributed by atoms with Crippen molar-refractivity contribution in [1.82, 2.24) is 0 Å². The van der Waals surface area contributed by atoms with Crippen LogP contribution in [0.25, 0.3) is 0 Å². The average Bonchev–Trinajstić information content (AvgIpc) is 2.43. The first-order valence-electron chi connectivity index (χ1n) is 8.51. The second-order valence-electron chi connectivity index (χ2n) is 7.51. The zero-order valence-electron chi connectivity index (χ0n) is 18.1. The van der Waals surface area contributed by atoms with Gasteiger partial charge in [0.2, 0.25) is 0 Å². The minimum Gasteiger partial charge on any atom is -0.289 e. The van der Waals surface area contributed by atoms with Crippen molar-refractivity contribution in [3.63, 3.8) is 0 Å². The van der Waals surface area contributed by atoms with Gasteiger partial charge in [0.05, 0.1) is 24.2 Å². The topological polar surface area (TPSA) is 234 Å². The van der Waals surface area contributed by atoms with Gasteiger partial charge < -0.3 is 0 Å². The van der Waals surface area contributed by atoms with Crippen LogP contribution in [-0.4, -0.2) is 48.0 Å². The Morgan fingerprint density at radius 2 is 0.871 bits per heavy atom. The van der Waals surface area contributed by atoms with Gasteiger partial charge in [-0.05, 0) is 41.5 Å². The predicted octanol–water partition coefficient (Wildman–Crippen LogP) is -6.11. The SMILES string of the molecule is CC1=NCC=NC(C)(C)CC(C)=NCC=NC(C)(C)C1.[Ni+2].[O-][Cl+3]([O-])([O-])[O-].[O-][Cl+3]([O-])([O-])[O-]. The van der Waals surface area contributed by atoms with E-state index in [0.717, 1.165) is 24.3 Å². The summed E-state index contributed by atoms with van der Waals surface area (Å²) in [5, 5.41) is 0. The van der Waals surface area contributed by atoms with Gasteiger partial charge in [-0.25, -0.2) is 37.3 Å². The second kappa shape index (κ2) is 15.3. The number of nitrogens with zero attached hydrogens (tertiary/aromatic N) is 4. The first-order chi connectivity index (χ1) is 13.2. The standard InChI is InChI=1S/C16H28N4.2ClHO4.Ni/c1-13-11-15(3,4)19-10-8-18-14(2)12-16(5,6)20-9-7-17-13;2*2-1(3,4)5;/h9-10H,7-8,11-12H2,1-6H3;2*(H,2,3,4,5);/q;;;+2/p-2. The third kappa shape index (κ3) is 34.2. The van der Waals surface area contributed by atoms with E-state index in [1.165, 1.54) is 0 Å². The molecule has 0 radical (unpaired) electrons. The molecule has 0 aromatic heterocycles. The van der Waals surface area contributed by atoms with Gasteiger partial charge in [-0.3, -0.25) is 20.0 Å². The largest absolute Gasteiger partial charge is 2.00 e. The van der Waals surface area contributed by atoms with Crippen molar-refractivity contribution in [1.29, 1.82) is 0 Å². The smallest absolute Gasteiger partial charge is 0.289 e. The Balaban J connectivity index is -0.000000595. The minimum atomic E-state index is -4.94. The van der Waals surface area contributed by atoms with E-state index in [0.29, 0.717) is 13.1 Å². The second-order valence-corrected chi connectivity index (χ2v) is 9.02. The molecule has 1 aliphatic heterocycles. The summed E-state index contributed by atoms with van der Waals surface area (Å²) in [6, 6.07) is 0. The van der Waals surface area contributed by atoms with E-state index in [1.807, 2.05) is 12.4 Å². The molecule has 1 aliphatic rings. The van der Waals surface area contributed by atoms with Crippen LogP contribution in [-0.2, 0) is 16.5 Å². The summed E-state index contributed by atoms with van der Waals surface area (Å²) in [5.41, 5.74) is 2.01. The van der Waals surface area contributed by atoms with Gasteiger partial charge >= 0.3 is 16.5 Å². The van der Waals surface area contributed by atoms with E-state index in [-0.39, 0.29) is 27.6 Å². The molecule has 15 heteroatoms. The summed E-state index contributed by atoms with van der Waals surface area (Å²) >= 11 is 0. The summed E-state index contributed by atoms with van der Waals surface area (Å²) in [4.78, 5) is 18.3. The molecule has 31 heavy (non-hydrogen) atoms. The Hall–Kier alpha value is -0.566. The molecule has 0 spiro atoms. The fourth-order valence-corrected chi connectivity index (χ4v) is 2.42. The Bertz CT molecular complexity index is 564. The van der Waals surface area contributed by atoms with Crippen LogP contribution in [0.15, 0.2) is 20.0 Å². The Kier molecular flexibility index (Phi) is 17.3. The summed E-state index contributed by atoms with van der Waals surface area (Å²) in [6.07, 6.45) is 5.56. The number of aliphatic imine (C=N–C) groups is 4. The molecule has 0 aromatic carbocycles. The molecule has 0 atom stereocenters. The Morgan fingerprint density at radius 1 is 0.645 bits per heavy atom. The van der Waals surface area contributed by atoms with Crippen LogP contribution >= 0.6 is 0 Å². The number of hydrogen-bond donors (Lipinski definition) is 0. The molecule has 1 rings (SSSR count). The van der Waals surface area contributed by atoms with Crippen LogP contribution in [0.5, 0.6) is 0 Å². The third-order valence-electron chi connectivity index (χ3n) is 3.14. The fourth-order valence-electron chi connectivity index (χ4n) is 2.42. The molecule has 0 unspecified atom stereocenters. The van der Waals surface area contributed by atoms with Crippen LogP contribution in [0, 0.1) is 20.5 Å². The van der Waals surface area contributed by atoms with Gasteiger partial charge in [0.1, 0.15) is 0 Å². The zero-order valence-corrected chi connectivity index (χ0v) is 20.6. The molecule has 0 saturated heterocycles. The molecule has 0 fully saturated rings. The van der Waals surface area contributed by atoms with Gasteiger partial charge in [0.25, 0.3) is 0 Å². The maximum absolute atomic E-state index is 8.49. The number of rotatable bonds is 0. The van der Waals surface area contributed by atoms with Crippen molar-refractivity contribution in [2.75, 3.05) is 13.1 Å². The van der Waals surface area contributed by atoms with Crippen molar-refractivity contribution < 1.29 is 74.2 Å². The number of hydrogen-bond acceptors (Lipinski definition) is 12. The average molecular weight is 534 g/mol. The monoisotopic (exact) mass is 532 g/mol. The van der Waals surface area contributed by atoms with Gasteiger partial charge in [-0.15, -0.1) is 20.5 Å². The van der Waals surface area contributed by atoms with Gasteiger partial charge in [-0.1, -0.05) is 0 Å². The molecule has 0 amide bonds. The summed E-state index contributed by atoms with van der Waals surface area (Å²) in [6.45, 7) is 13.9. The van der Waals surface area contributed by atoms with Crippen molar-refractivity contribution in [2.24, 2.45) is 20.0 Å². The first-order valence-corrected chi connectivity index (χ1v) is 11.0. The maximum Gasteiger partial charge on any atom is 2.00 e. The van der Waals surface area contributed by atoms with Gasteiger partial charge in [-0.2, -0.15) is 0 Å². The van der Waals surface area contributed by atoms with Crippen LogP contribution < -0.4 is 37.3 Å². The predicted molar refractivity (Wildman–Crippen MR) is 90.3 cm³/mol. The first kappa shape index (κ1) is 35.0. The van der Waals surface area contributed by atoms with Crippen molar-refractivity contribution in [2.45, 2.75) is 65.5 Å². The molecule has 184 valence electrons. The molecule has 0 aromatic rings. The van der Waals surface area contributed by atoms with E-state index in [9.17, 15) is 0 Å². The van der Waals surface area contributed by atoms with Crippen LogP contribution in [0.1, 0.15) is 54.4 Å².